The van der Waals surface area contributed by atoms with E-state index in [1.807, 2.05) is 12.1 Å². The molecule has 5 heteroatoms. The first-order chi connectivity index (χ1) is 14.1. The quantitative estimate of drug-likeness (QED) is 0.439. The topological polar surface area (TPSA) is 48.7 Å². The molecule has 2 heterocycles. The molecule has 0 bridgehead atoms. The predicted octanol–water partition coefficient (Wildman–Crippen LogP) is 5.07. The summed E-state index contributed by atoms with van der Waals surface area (Å²) in [5.41, 5.74) is 0. The summed E-state index contributed by atoms with van der Waals surface area (Å²) >= 11 is 0. The normalized spacial score (nSPS) is 16.3. The lowest BCUT2D eigenvalue weighted by atomic mass is 10.1. The van der Waals surface area contributed by atoms with Crippen molar-refractivity contribution in [3.8, 4) is 0 Å². The minimum Gasteiger partial charge on any atom is -0.455 e. The SMILES string of the molecule is CCCCCN(CCCCC)CC(C)NC(=O)c1ccc(CN2CCCCC2)o1. The minimum absolute atomic E-state index is 0.0931. The van der Waals surface area contributed by atoms with Crippen LogP contribution in [0.3, 0.4) is 0 Å². The second kappa shape index (κ2) is 13.8. The van der Waals surface area contributed by atoms with E-state index in [1.54, 1.807) is 0 Å². The molecule has 0 saturated carbocycles. The van der Waals surface area contributed by atoms with Crippen LogP contribution in [-0.4, -0.2) is 54.5 Å². The molecule has 1 atom stereocenters. The number of carbonyl (C=O) groups is 1. The maximum atomic E-state index is 12.6. The molecule has 1 aromatic rings. The smallest absolute Gasteiger partial charge is 0.287 e. The van der Waals surface area contributed by atoms with Crippen molar-refractivity contribution in [3.05, 3.63) is 23.7 Å². The van der Waals surface area contributed by atoms with Gasteiger partial charge in [0.15, 0.2) is 5.76 Å². The van der Waals surface area contributed by atoms with Gasteiger partial charge in [-0.25, -0.2) is 0 Å². The fourth-order valence-corrected chi connectivity index (χ4v) is 4.12. The largest absolute Gasteiger partial charge is 0.455 e. The van der Waals surface area contributed by atoms with Crippen LogP contribution in [-0.2, 0) is 6.54 Å². The number of carbonyl (C=O) groups excluding carboxylic acids is 1. The summed E-state index contributed by atoms with van der Waals surface area (Å²) in [5.74, 6) is 1.24. The van der Waals surface area contributed by atoms with Crippen LogP contribution in [0.1, 0.15) is 94.9 Å². The van der Waals surface area contributed by atoms with Gasteiger partial charge in [0.2, 0.25) is 0 Å². The fraction of sp³-hybridized carbons (Fsp3) is 0.792. The number of piperidine rings is 1. The Bertz CT molecular complexity index is 556. The Balaban J connectivity index is 1.79. The highest BCUT2D eigenvalue weighted by atomic mass is 16.4. The van der Waals surface area contributed by atoms with E-state index in [4.69, 9.17) is 4.42 Å². The second-order valence-electron chi connectivity index (χ2n) is 8.69. The molecule has 1 aromatic heterocycles. The molecule has 166 valence electrons. The van der Waals surface area contributed by atoms with Crippen molar-refractivity contribution in [2.45, 2.75) is 91.1 Å². The summed E-state index contributed by atoms with van der Waals surface area (Å²) in [6.07, 6.45) is 11.4. The van der Waals surface area contributed by atoms with Crippen molar-refractivity contribution in [1.82, 2.24) is 15.1 Å². The van der Waals surface area contributed by atoms with Gasteiger partial charge >= 0.3 is 0 Å². The van der Waals surface area contributed by atoms with Crippen LogP contribution in [0.15, 0.2) is 16.5 Å². The summed E-state index contributed by atoms with van der Waals surface area (Å²) < 4.78 is 5.85. The molecule has 29 heavy (non-hydrogen) atoms. The van der Waals surface area contributed by atoms with Gasteiger partial charge < -0.3 is 14.6 Å². The van der Waals surface area contributed by atoms with E-state index in [1.165, 1.54) is 57.8 Å². The van der Waals surface area contributed by atoms with E-state index >= 15 is 0 Å². The number of hydrogen-bond donors (Lipinski definition) is 1. The number of unbranched alkanes of at least 4 members (excludes halogenated alkanes) is 4. The highest BCUT2D eigenvalue weighted by Crippen LogP contribution is 2.15. The number of furan rings is 1. The number of rotatable bonds is 14. The van der Waals surface area contributed by atoms with Crippen LogP contribution in [0, 0.1) is 0 Å². The van der Waals surface area contributed by atoms with Gasteiger partial charge in [-0.3, -0.25) is 9.69 Å². The summed E-state index contributed by atoms with van der Waals surface area (Å²) in [6, 6.07) is 3.89. The molecule has 1 saturated heterocycles. The lowest BCUT2D eigenvalue weighted by Crippen LogP contribution is -2.42. The number of hydrogen-bond acceptors (Lipinski definition) is 4. The summed E-state index contributed by atoms with van der Waals surface area (Å²) in [7, 11) is 0. The average Bonchev–Trinajstić information content (AvgIpc) is 3.17. The molecule has 0 radical (unpaired) electrons. The fourth-order valence-electron chi connectivity index (χ4n) is 4.12. The van der Waals surface area contributed by atoms with E-state index < -0.39 is 0 Å². The van der Waals surface area contributed by atoms with Gasteiger partial charge in [0.05, 0.1) is 6.54 Å². The average molecular weight is 406 g/mol. The van der Waals surface area contributed by atoms with Crippen LogP contribution < -0.4 is 5.32 Å². The van der Waals surface area contributed by atoms with Gasteiger partial charge in [-0.05, 0) is 70.9 Å². The molecule has 5 nitrogen and oxygen atoms in total. The van der Waals surface area contributed by atoms with Gasteiger partial charge in [-0.1, -0.05) is 46.0 Å². The van der Waals surface area contributed by atoms with Crippen LogP contribution >= 0.6 is 0 Å². The Morgan fingerprint density at radius 2 is 1.72 bits per heavy atom. The molecule has 1 aliphatic heterocycles. The molecule has 1 N–H and O–H groups in total. The van der Waals surface area contributed by atoms with Crippen molar-refractivity contribution in [3.63, 3.8) is 0 Å². The van der Waals surface area contributed by atoms with Crippen molar-refractivity contribution >= 4 is 5.91 Å². The second-order valence-corrected chi connectivity index (χ2v) is 8.69. The van der Waals surface area contributed by atoms with Crippen molar-refractivity contribution in [2.24, 2.45) is 0 Å². The van der Waals surface area contributed by atoms with E-state index in [-0.39, 0.29) is 11.9 Å². The molecule has 1 amide bonds. The van der Waals surface area contributed by atoms with E-state index in [0.29, 0.717) is 5.76 Å². The van der Waals surface area contributed by atoms with Gasteiger partial charge in [-0.15, -0.1) is 0 Å². The summed E-state index contributed by atoms with van der Waals surface area (Å²) in [5, 5.41) is 3.14. The van der Waals surface area contributed by atoms with Crippen LogP contribution in [0.2, 0.25) is 0 Å². The Labute approximate surface area is 178 Å². The van der Waals surface area contributed by atoms with E-state index in [2.05, 4.69) is 35.9 Å². The summed E-state index contributed by atoms with van der Waals surface area (Å²) in [4.78, 5) is 17.6. The molecule has 1 aliphatic rings. The minimum atomic E-state index is -0.0931. The molecule has 0 aromatic carbocycles. The third-order valence-corrected chi connectivity index (χ3v) is 5.78. The van der Waals surface area contributed by atoms with Gasteiger partial charge in [-0.2, -0.15) is 0 Å². The zero-order chi connectivity index (χ0) is 20.9. The zero-order valence-corrected chi connectivity index (χ0v) is 19.0. The Morgan fingerprint density at radius 3 is 2.34 bits per heavy atom. The Morgan fingerprint density at radius 1 is 1.07 bits per heavy atom. The van der Waals surface area contributed by atoms with Gasteiger partial charge in [0.25, 0.3) is 5.91 Å². The van der Waals surface area contributed by atoms with Crippen molar-refractivity contribution in [1.29, 1.82) is 0 Å². The number of amides is 1. The number of nitrogens with zero attached hydrogens (tertiary/aromatic N) is 2. The van der Waals surface area contributed by atoms with Crippen molar-refractivity contribution < 1.29 is 9.21 Å². The third kappa shape index (κ3) is 9.35. The third-order valence-electron chi connectivity index (χ3n) is 5.78. The Kier molecular flexibility index (Phi) is 11.4. The molecular formula is C24H43N3O2. The lowest BCUT2D eigenvalue weighted by Gasteiger charge is -2.26. The van der Waals surface area contributed by atoms with E-state index in [0.717, 1.165) is 45.0 Å². The monoisotopic (exact) mass is 405 g/mol. The highest BCUT2D eigenvalue weighted by Gasteiger charge is 2.18. The maximum Gasteiger partial charge on any atom is 0.287 e. The first kappa shape index (κ1) is 23.9. The first-order valence-corrected chi connectivity index (χ1v) is 12.0. The molecule has 0 spiro atoms. The number of nitrogens with one attached hydrogen (secondary N) is 1. The highest BCUT2D eigenvalue weighted by molar-refractivity contribution is 5.91. The van der Waals surface area contributed by atoms with Gasteiger partial charge in [0.1, 0.15) is 5.76 Å². The molecule has 1 unspecified atom stereocenters. The molecule has 1 fully saturated rings. The lowest BCUT2D eigenvalue weighted by molar-refractivity contribution is 0.0895. The molecule has 0 aliphatic carbocycles. The zero-order valence-electron chi connectivity index (χ0n) is 19.0. The van der Waals surface area contributed by atoms with E-state index in [9.17, 15) is 4.79 Å². The molecule has 2 rings (SSSR count). The maximum absolute atomic E-state index is 12.6. The van der Waals surface area contributed by atoms with Crippen molar-refractivity contribution in [2.75, 3.05) is 32.7 Å². The van der Waals surface area contributed by atoms with Gasteiger partial charge in [0, 0.05) is 12.6 Å². The van der Waals surface area contributed by atoms with Crippen LogP contribution in [0.5, 0.6) is 0 Å². The summed E-state index contributed by atoms with van der Waals surface area (Å²) in [6.45, 7) is 12.8. The van der Waals surface area contributed by atoms with Crippen LogP contribution in [0.25, 0.3) is 0 Å². The predicted molar refractivity (Wildman–Crippen MR) is 120 cm³/mol. The first-order valence-electron chi connectivity index (χ1n) is 12.0. The number of likely N-dealkylation sites (tertiary alicyclic amines) is 1. The molecular weight excluding hydrogens is 362 g/mol. The Hall–Kier alpha value is -1.33. The standard InChI is InChI=1S/C24H43N3O2/c1-4-6-9-15-26(16-10-7-5-2)19-21(3)25-24(28)23-14-13-22(29-23)20-27-17-11-8-12-18-27/h13-14,21H,4-12,15-20H2,1-3H3,(H,25,28). The van der Waals surface area contributed by atoms with Crippen LogP contribution in [0.4, 0.5) is 0 Å².